The number of amides is 3. The minimum Gasteiger partial charge on any atom is -0.493 e. The Balaban J connectivity index is 0.758. The summed E-state index contributed by atoms with van der Waals surface area (Å²) in [5, 5.41) is 19.6. The third-order valence-corrected chi connectivity index (χ3v) is 17.8. The van der Waals surface area contributed by atoms with Gasteiger partial charge in [-0.3, -0.25) is 29.5 Å². The molecule has 5 heterocycles. The van der Waals surface area contributed by atoms with Gasteiger partial charge in [0.25, 0.3) is 5.91 Å². The summed E-state index contributed by atoms with van der Waals surface area (Å²) < 4.78 is 22.9. The van der Waals surface area contributed by atoms with Crippen LogP contribution >= 0.6 is 23.2 Å². The van der Waals surface area contributed by atoms with Gasteiger partial charge in [0.15, 0.2) is 17.3 Å². The van der Waals surface area contributed by atoms with Gasteiger partial charge in [0.1, 0.15) is 29.3 Å². The van der Waals surface area contributed by atoms with Crippen LogP contribution in [0.3, 0.4) is 0 Å². The lowest BCUT2D eigenvalue weighted by atomic mass is 9.77. The summed E-state index contributed by atoms with van der Waals surface area (Å²) in [5.41, 5.74) is 11.8. The number of hydrogen-bond donors (Lipinski definition) is 2. The van der Waals surface area contributed by atoms with E-state index in [9.17, 15) is 24.0 Å². The smallest absolute Gasteiger partial charge is 0.323 e. The summed E-state index contributed by atoms with van der Waals surface area (Å²) in [4.78, 5) is 64.8. The van der Waals surface area contributed by atoms with E-state index in [2.05, 4.69) is 73.1 Å². The lowest BCUT2D eigenvalue weighted by molar-refractivity contribution is -0.119. The molecule has 9 rings (SSSR count). The number of hydrogen-bond acceptors (Lipinski definition) is 12. The number of unbranched alkanes of at least 4 members (excludes halogenated alkanes) is 5. The van der Waals surface area contributed by atoms with Gasteiger partial charge in [0, 0.05) is 80.7 Å². The van der Waals surface area contributed by atoms with E-state index in [0.29, 0.717) is 120 Å². The average molecular weight is 1210 g/mol. The number of rotatable bonds is 20. The van der Waals surface area contributed by atoms with Crippen molar-refractivity contribution in [3.63, 3.8) is 0 Å². The number of aliphatic imine (C=N–C) groups is 1. The molecule has 3 N–H and O–H groups in total. The molecule has 2 fully saturated rings. The monoisotopic (exact) mass is 1210 g/mol. The second-order valence-corrected chi connectivity index (χ2v) is 25.1. The number of benzene rings is 4. The number of amidine groups is 1. The fourth-order valence-electron chi connectivity index (χ4n) is 12.2. The van der Waals surface area contributed by atoms with Crippen LogP contribution in [0, 0.1) is 17.1 Å². The number of fused-ring (bicyclic) bond motifs is 8. The number of ether oxygens (including phenoxy) is 1. The van der Waals surface area contributed by atoms with Crippen LogP contribution in [0.1, 0.15) is 174 Å². The molecular weight excluding hydrogens is 1130 g/mol. The predicted octanol–water partition coefficient (Wildman–Crippen LogP) is 13.4. The Morgan fingerprint density at radius 1 is 0.872 bits per heavy atom. The highest BCUT2D eigenvalue weighted by molar-refractivity contribution is 6.30. The number of piperazine rings is 1. The number of urea groups is 1. The highest BCUT2D eigenvalue weighted by Gasteiger charge is 2.38. The SMILES string of the molecule is CCOc1cc(C(C)(C)C)ccc1C(=N[C@@](C)(c1ccc(Cl)cc1)[C@@H](C)c1ccc(Cl)cc1)NC(=O)N1CCN(CCCCCCCCC(=O)CCCn2nc(C#N)c3c2CN(C)C(=O)c2ccc(F)cc2[C@H]2CCCN2c2nc-3cnc2N)CC1. The van der Waals surface area contributed by atoms with Gasteiger partial charge in [-0.25, -0.2) is 19.2 Å². The molecule has 19 heteroatoms. The maximum Gasteiger partial charge on any atom is 0.323 e. The van der Waals surface area contributed by atoms with E-state index < -0.39 is 11.4 Å². The number of ketones is 1. The molecule has 2 saturated heterocycles. The topological polar surface area (TPSA) is 191 Å². The second-order valence-electron chi connectivity index (χ2n) is 24.3. The van der Waals surface area contributed by atoms with E-state index in [4.69, 9.17) is 43.6 Å². The lowest BCUT2D eigenvalue weighted by Gasteiger charge is -2.36. The van der Waals surface area contributed by atoms with Crippen LogP contribution in [0.5, 0.6) is 5.75 Å². The summed E-state index contributed by atoms with van der Waals surface area (Å²) in [6, 6.07) is 27.7. The third-order valence-electron chi connectivity index (χ3n) is 17.3. The van der Waals surface area contributed by atoms with Gasteiger partial charge in [0.05, 0.1) is 53.4 Å². The summed E-state index contributed by atoms with van der Waals surface area (Å²) in [6.07, 6.45) is 10.3. The zero-order chi connectivity index (χ0) is 61.3. The summed E-state index contributed by atoms with van der Waals surface area (Å²) in [6.45, 7) is 17.8. The van der Waals surface area contributed by atoms with E-state index in [-0.39, 0.29) is 53.2 Å². The highest BCUT2D eigenvalue weighted by atomic mass is 35.5. The lowest BCUT2D eigenvalue weighted by Crippen LogP contribution is -2.53. The first-order valence-corrected chi connectivity index (χ1v) is 31.1. The zero-order valence-corrected chi connectivity index (χ0v) is 52.3. The van der Waals surface area contributed by atoms with Crippen LogP contribution < -0.4 is 20.7 Å². The quantitative estimate of drug-likeness (QED) is 0.0420. The Hall–Kier alpha value is -7.39. The van der Waals surface area contributed by atoms with E-state index in [1.54, 1.807) is 16.6 Å². The Morgan fingerprint density at radius 3 is 2.24 bits per heavy atom. The third kappa shape index (κ3) is 14.7. The van der Waals surface area contributed by atoms with Crippen molar-refractivity contribution in [3.8, 4) is 23.1 Å². The maximum absolute atomic E-state index is 14.8. The van der Waals surface area contributed by atoms with Crippen LogP contribution in [0.15, 0.2) is 96.1 Å². The fraction of sp³-hybridized carbons (Fsp3) is 0.463. The van der Waals surface area contributed by atoms with Crippen molar-refractivity contribution in [3.05, 3.63) is 152 Å². The molecule has 0 saturated carbocycles. The molecule has 3 aliphatic heterocycles. The number of nitriles is 1. The Kier molecular flexibility index (Phi) is 20.5. The van der Waals surface area contributed by atoms with Crippen LogP contribution in [0.25, 0.3) is 11.3 Å². The fourth-order valence-corrected chi connectivity index (χ4v) is 12.4. The number of Topliss-reactive ketones (excluding diaryl/α,β-unsaturated/α-hetero) is 1. The number of nitrogens with zero attached hydrogens (tertiary/aromatic N) is 10. The molecule has 454 valence electrons. The Morgan fingerprint density at radius 2 is 1.55 bits per heavy atom. The van der Waals surface area contributed by atoms with Gasteiger partial charge in [0.2, 0.25) is 0 Å². The molecular formula is C67H81Cl2FN12O4. The number of halogens is 3. The van der Waals surface area contributed by atoms with Crippen molar-refractivity contribution < 1.29 is 23.5 Å². The van der Waals surface area contributed by atoms with E-state index >= 15 is 0 Å². The minimum absolute atomic E-state index is 0.0846. The molecule has 16 nitrogen and oxygen atoms in total. The standard InChI is InChI=1S/C67H81Cl2FN12O4/c1-8-86-59-39-47(66(3,4)5)24-30-53(59)62(76-67(6,46-22-27-49(69)28-23-46)44(2)45-20-25-48(68)26-21-45)75-65(85)80-37-35-79(36-38-80)32-14-12-10-9-11-13-17-51(83)18-15-34-82-58-43-78(7)64(84)52-31-29-50(70)40-54(52)57-19-16-33-81(57)63-61(72)73-42-56(74-63)60(58)55(41-71)77-82/h20-31,39-40,42,44,57H,8-19,32-38,43H2,1-7H3,(H2,72,73)(H,75,76,85)/t44-,57+,67+/m0/s1. The molecule has 86 heavy (non-hydrogen) atoms. The maximum atomic E-state index is 14.8. The average Bonchev–Trinajstić information content (AvgIpc) is 1.45. The molecule has 0 unspecified atom stereocenters. The number of anilines is 2. The van der Waals surface area contributed by atoms with E-state index in [0.717, 1.165) is 81.3 Å². The minimum atomic E-state index is -0.872. The normalized spacial score (nSPS) is 16.7. The summed E-state index contributed by atoms with van der Waals surface area (Å²) in [5.74, 6) is 0.977. The molecule has 0 spiro atoms. The van der Waals surface area contributed by atoms with Gasteiger partial charge in [-0.1, -0.05) is 107 Å². The van der Waals surface area contributed by atoms with Crippen LogP contribution in [-0.4, -0.2) is 111 Å². The van der Waals surface area contributed by atoms with E-state index in [1.807, 2.05) is 71.3 Å². The number of carbonyl (C=O) groups is 3. The number of aryl methyl sites for hydroxylation is 1. The Bertz CT molecular complexity index is 3460. The second kappa shape index (κ2) is 28.0. The summed E-state index contributed by atoms with van der Waals surface area (Å²) >= 11 is 12.8. The first-order chi connectivity index (χ1) is 41.3. The number of carbonyl (C=O) groups excluding carboxylic acids is 3. The molecule has 4 aromatic carbocycles. The molecule has 0 radical (unpaired) electrons. The van der Waals surface area contributed by atoms with Crippen molar-refractivity contribution in [1.82, 2.24) is 39.8 Å². The molecule has 3 amide bonds. The molecule has 0 aliphatic carbocycles. The molecule has 2 aromatic heterocycles. The summed E-state index contributed by atoms with van der Waals surface area (Å²) in [7, 11) is 1.68. The molecule has 2 bridgehead atoms. The predicted molar refractivity (Wildman–Crippen MR) is 339 cm³/mol. The highest BCUT2D eigenvalue weighted by Crippen LogP contribution is 2.44. The van der Waals surface area contributed by atoms with Crippen LogP contribution in [-0.2, 0) is 28.8 Å². The van der Waals surface area contributed by atoms with Gasteiger partial charge in [-0.2, -0.15) is 10.4 Å². The molecule has 3 aliphatic rings. The van der Waals surface area contributed by atoms with Crippen molar-refractivity contribution in [2.24, 2.45) is 4.99 Å². The first-order valence-electron chi connectivity index (χ1n) is 30.4. The number of nitrogens with two attached hydrogens (primary N) is 1. The molecule has 6 aromatic rings. The number of aromatic nitrogens is 4. The van der Waals surface area contributed by atoms with Crippen LogP contribution in [0.4, 0.5) is 20.8 Å². The Labute approximate surface area is 515 Å². The number of nitrogen functional groups attached to an aromatic ring is 1. The largest absolute Gasteiger partial charge is 0.493 e. The first kappa shape index (κ1) is 63.1. The molecule has 3 atom stereocenters. The van der Waals surface area contributed by atoms with Crippen LogP contribution in [0.2, 0.25) is 10.0 Å². The number of nitrogens with one attached hydrogen (secondary N) is 1. The van der Waals surface area contributed by atoms with E-state index in [1.165, 1.54) is 24.4 Å². The van der Waals surface area contributed by atoms with Gasteiger partial charge in [-0.15, -0.1) is 0 Å². The van der Waals surface area contributed by atoms with Gasteiger partial charge >= 0.3 is 6.03 Å². The van der Waals surface area contributed by atoms with Crippen molar-refractivity contribution >= 4 is 58.4 Å². The zero-order valence-electron chi connectivity index (χ0n) is 50.8. The van der Waals surface area contributed by atoms with Gasteiger partial charge in [-0.05, 0) is 135 Å². The van der Waals surface area contributed by atoms with Crippen molar-refractivity contribution in [1.29, 1.82) is 5.26 Å². The van der Waals surface area contributed by atoms with Crippen molar-refractivity contribution in [2.75, 3.05) is 63.6 Å². The van der Waals surface area contributed by atoms with Crippen molar-refractivity contribution in [2.45, 2.75) is 148 Å². The van der Waals surface area contributed by atoms with Gasteiger partial charge < -0.3 is 25.2 Å².